The molecule has 0 radical (unpaired) electrons. The number of unbranched alkanes of at least 4 members (excludes halogenated alkanes) is 1. The molecule has 0 aliphatic carbocycles. The predicted octanol–water partition coefficient (Wildman–Crippen LogP) is 3.59. The van der Waals surface area contributed by atoms with Crippen LogP contribution in [0.3, 0.4) is 0 Å². The van der Waals surface area contributed by atoms with Crippen LogP contribution in [0.15, 0.2) is 35.2 Å². The van der Waals surface area contributed by atoms with Crippen molar-refractivity contribution >= 4 is 17.8 Å². The Morgan fingerprint density at radius 2 is 1.74 bits per heavy atom. The summed E-state index contributed by atoms with van der Waals surface area (Å²) in [6.45, 7) is 6.94. The molecule has 2 N–H and O–H groups in total. The maximum atomic E-state index is 11.6. The summed E-state index contributed by atoms with van der Waals surface area (Å²) in [6.07, 6.45) is 3.11. The summed E-state index contributed by atoms with van der Waals surface area (Å²) >= 11 is 1.83. The van der Waals surface area contributed by atoms with Crippen LogP contribution < -0.4 is 10.6 Å². The van der Waals surface area contributed by atoms with Crippen LogP contribution in [0.1, 0.15) is 33.1 Å². The van der Waals surface area contributed by atoms with Gasteiger partial charge in [-0.05, 0) is 64.6 Å². The molecule has 0 bridgehead atoms. The van der Waals surface area contributed by atoms with Crippen LogP contribution in [-0.2, 0) is 0 Å². The highest BCUT2D eigenvalue weighted by Crippen LogP contribution is 2.17. The Kier molecular flexibility index (Phi) is 10.6. The third kappa shape index (κ3) is 10.2. The zero-order valence-corrected chi connectivity index (χ0v) is 15.5. The third-order valence-corrected chi connectivity index (χ3v) is 4.82. The van der Waals surface area contributed by atoms with E-state index in [1.54, 1.807) is 0 Å². The Bertz CT molecular complexity index is 426. The molecule has 0 aromatic heterocycles. The van der Waals surface area contributed by atoms with Crippen LogP contribution in [0.25, 0.3) is 0 Å². The van der Waals surface area contributed by atoms with Gasteiger partial charge in [0.25, 0.3) is 0 Å². The summed E-state index contributed by atoms with van der Waals surface area (Å²) in [5, 5.41) is 5.83. The minimum Gasteiger partial charge on any atom is -0.338 e. The van der Waals surface area contributed by atoms with Crippen LogP contribution in [0, 0.1) is 0 Å². The average molecular weight is 338 g/mol. The lowest BCUT2D eigenvalue weighted by molar-refractivity contribution is 0.239. The van der Waals surface area contributed by atoms with Gasteiger partial charge in [0.05, 0.1) is 0 Å². The summed E-state index contributed by atoms with van der Waals surface area (Å²) in [6, 6.07) is 10.9. The van der Waals surface area contributed by atoms with Crippen LogP contribution >= 0.6 is 11.8 Å². The number of amides is 2. The minimum atomic E-state index is -0.0491. The van der Waals surface area contributed by atoms with Crippen molar-refractivity contribution in [3.63, 3.8) is 0 Å². The Morgan fingerprint density at radius 1 is 1.09 bits per heavy atom. The Labute approximate surface area is 145 Å². The first-order valence-corrected chi connectivity index (χ1v) is 9.48. The van der Waals surface area contributed by atoms with E-state index in [1.807, 2.05) is 30.0 Å². The predicted molar refractivity (Wildman–Crippen MR) is 100 cm³/mol. The lowest BCUT2D eigenvalue weighted by Gasteiger charge is -2.20. The normalized spacial score (nSPS) is 11.0. The first kappa shape index (κ1) is 19.8. The molecule has 0 fully saturated rings. The van der Waals surface area contributed by atoms with E-state index in [4.69, 9.17) is 0 Å². The molecule has 1 rings (SSSR count). The smallest absolute Gasteiger partial charge is 0.314 e. The molecule has 0 heterocycles. The molecule has 0 saturated carbocycles. The molecule has 23 heavy (non-hydrogen) atoms. The molecule has 0 saturated heterocycles. The van der Waals surface area contributed by atoms with Gasteiger partial charge in [-0.15, -0.1) is 11.8 Å². The maximum Gasteiger partial charge on any atom is 0.314 e. The van der Waals surface area contributed by atoms with Crippen molar-refractivity contribution in [2.75, 3.05) is 32.4 Å². The van der Waals surface area contributed by atoms with Crippen molar-refractivity contribution in [3.8, 4) is 0 Å². The molecular formula is C18H31N3OS. The van der Waals surface area contributed by atoms with E-state index < -0.39 is 0 Å². The number of hydrogen-bond donors (Lipinski definition) is 2. The highest BCUT2D eigenvalue weighted by atomic mass is 32.2. The van der Waals surface area contributed by atoms with Crippen LogP contribution in [0.2, 0.25) is 0 Å². The number of carbonyl (C=O) groups excluding carboxylic acids is 1. The monoisotopic (exact) mass is 337 g/mol. The van der Waals surface area contributed by atoms with E-state index in [2.05, 4.69) is 48.6 Å². The first-order chi connectivity index (χ1) is 11.1. The van der Waals surface area contributed by atoms with Crippen molar-refractivity contribution in [2.24, 2.45) is 0 Å². The van der Waals surface area contributed by atoms with Crippen molar-refractivity contribution in [1.29, 1.82) is 0 Å². The van der Waals surface area contributed by atoms with Crippen molar-refractivity contribution in [3.05, 3.63) is 30.3 Å². The topological polar surface area (TPSA) is 44.4 Å². The van der Waals surface area contributed by atoms with Crippen molar-refractivity contribution in [2.45, 2.75) is 44.0 Å². The number of urea groups is 1. The molecule has 0 unspecified atom stereocenters. The number of nitrogens with one attached hydrogen (secondary N) is 2. The van der Waals surface area contributed by atoms with Crippen LogP contribution in [0.5, 0.6) is 0 Å². The van der Waals surface area contributed by atoms with Crippen molar-refractivity contribution < 1.29 is 4.79 Å². The number of thioether (sulfide) groups is 1. The molecule has 0 aliphatic heterocycles. The molecule has 0 spiro atoms. The van der Waals surface area contributed by atoms with E-state index in [-0.39, 0.29) is 6.03 Å². The second kappa shape index (κ2) is 12.3. The van der Waals surface area contributed by atoms with Gasteiger partial charge < -0.3 is 15.5 Å². The summed E-state index contributed by atoms with van der Waals surface area (Å²) in [5.41, 5.74) is 0. The summed E-state index contributed by atoms with van der Waals surface area (Å²) in [5.74, 6) is 1.02. The fourth-order valence-corrected chi connectivity index (χ4v) is 2.86. The fourth-order valence-electron chi connectivity index (χ4n) is 1.99. The van der Waals surface area contributed by atoms with Gasteiger partial charge in [0.1, 0.15) is 0 Å². The molecular weight excluding hydrogens is 306 g/mol. The number of nitrogens with zero attached hydrogens (tertiary/aromatic N) is 1. The van der Waals surface area contributed by atoms with E-state index in [1.165, 1.54) is 4.90 Å². The number of carbonyl (C=O) groups is 1. The lowest BCUT2D eigenvalue weighted by atomic mass is 10.2. The second-order valence-electron chi connectivity index (χ2n) is 5.98. The van der Waals surface area contributed by atoms with E-state index in [0.717, 1.165) is 44.6 Å². The van der Waals surface area contributed by atoms with Gasteiger partial charge in [0.2, 0.25) is 0 Å². The zero-order valence-electron chi connectivity index (χ0n) is 14.7. The third-order valence-electron chi connectivity index (χ3n) is 3.72. The van der Waals surface area contributed by atoms with Crippen molar-refractivity contribution in [1.82, 2.24) is 15.5 Å². The molecule has 1 aromatic rings. The molecule has 2 amide bonds. The van der Waals surface area contributed by atoms with Gasteiger partial charge in [-0.3, -0.25) is 0 Å². The Morgan fingerprint density at radius 3 is 2.39 bits per heavy atom. The molecule has 4 nitrogen and oxygen atoms in total. The fraction of sp³-hybridized carbons (Fsp3) is 0.611. The van der Waals surface area contributed by atoms with E-state index in [0.29, 0.717) is 6.04 Å². The quantitative estimate of drug-likeness (QED) is 0.479. The van der Waals surface area contributed by atoms with Gasteiger partial charge >= 0.3 is 6.03 Å². The first-order valence-electron chi connectivity index (χ1n) is 8.49. The van der Waals surface area contributed by atoms with Gasteiger partial charge in [0, 0.05) is 24.0 Å². The number of hydrogen-bond acceptors (Lipinski definition) is 3. The SMILES string of the molecule is CC(C)N(C)CCCCNC(=O)NCCCSc1ccccc1. The highest BCUT2D eigenvalue weighted by Gasteiger charge is 2.03. The number of rotatable bonds is 11. The molecule has 0 aliphatic rings. The van der Waals surface area contributed by atoms with Gasteiger partial charge in [-0.1, -0.05) is 18.2 Å². The largest absolute Gasteiger partial charge is 0.338 e. The molecule has 130 valence electrons. The molecule has 0 atom stereocenters. The van der Waals surface area contributed by atoms with Crippen LogP contribution in [0.4, 0.5) is 4.79 Å². The average Bonchev–Trinajstić information content (AvgIpc) is 2.54. The summed E-state index contributed by atoms with van der Waals surface area (Å²) in [7, 11) is 2.14. The summed E-state index contributed by atoms with van der Waals surface area (Å²) < 4.78 is 0. The number of benzene rings is 1. The molecule has 5 heteroatoms. The summed E-state index contributed by atoms with van der Waals surface area (Å²) in [4.78, 5) is 15.2. The standard InChI is InChI=1S/C18H31N3OS/c1-16(2)21(3)14-8-7-12-19-18(22)20-13-9-15-23-17-10-5-4-6-11-17/h4-6,10-11,16H,7-9,12-15H2,1-3H3,(H2,19,20,22). The van der Waals surface area contributed by atoms with Gasteiger partial charge in [-0.25, -0.2) is 4.79 Å². The van der Waals surface area contributed by atoms with Gasteiger partial charge in [-0.2, -0.15) is 0 Å². The highest BCUT2D eigenvalue weighted by molar-refractivity contribution is 7.99. The Hall–Kier alpha value is -1.20. The van der Waals surface area contributed by atoms with Crippen LogP contribution in [-0.4, -0.2) is 49.4 Å². The maximum absolute atomic E-state index is 11.6. The minimum absolute atomic E-state index is 0.0491. The Balaban J connectivity index is 1.92. The zero-order chi connectivity index (χ0) is 16.9. The lowest BCUT2D eigenvalue weighted by Crippen LogP contribution is -2.37. The molecule has 1 aromatic carbocycles. The van der Waals surface area contributed by atoms with E-state index >= 15 is 0 Å². The van der Waals surface area contributed by atoms with Gasteiger partial charge in [0.15, 0.2) is 0 Å². The second-order valence-corrected chi connectivity index (χ2v) is 7.15. The van der Waals surface area contributed by atoms with E-state index in [9.17, 15) is 4.79 Å².